The summed E-state index contributed by atoms with van der Waals surface area (Å²) in [7, 11) is 0. The van der Waals surface area contributed by atoms with Gasteiger partial charge in [0.25, 0.3) is 0 Å². The molecule has 1 rings (SSSR count). The van der Waals surface area contributed by atoms with Crippen LogP contribution in [0.15, 0.2) is 0 Å². The van der Waals surface area contributed by atoms with Crippen LogP contribution in [-0.4, -0.2) is 36.5 Å². The summed E-state index contributed by atoms with van der Waals surface area (Å²) in [5.41, 5.74) is 0. The van der Waals surface area contributed by atoms with E-state index < -0.39 is 0 Å². The van der Waals surface area contributed by atoms with Gasteiger partial charge in [-0.15, -0.1) is 0 Å². The van der Waals surface area contributed by atoms with Gasteiger partial charge in [0, 0.05) is 38.5 Å². The molecule has 0 saturated carbocycles. The topological polar surface area (TPSA) is 32.3 Å². The lowest BCUT2D eigenvalue weighted by Crippen LogP contribution is -2.53. The number of nitrogens with one attached hydrogen (secondary N) is 1. The van der Waals surface area contributed by atoms with E-state index >= 15 is 0 Å². The van der Waals surface area contributed by atoms with Crippen LogP contribution < -0.4 is 5.32 Å². The Bertz CT molecular complexity index is 162. The SMILES string of the molecule is CC(=O)NCC1CN(C(C)C)C1. The normalized spacial score (nSPS) is 19.3. The summed E-state index contributed by atoms with van der Waals surface area (Å²) >= 11 is 0. The highest BCUT2D eigenvalue weighted by Crippen LogP contribution is 2.16. The maximum Gasteiger partial charge on any atom is 0.216 e. The summed E-state index contributed by atoms with van der Waals surface area (Å²) in [6.07, 6.45) is 0. The van der Waals surface area contributed by atoms with E-state index in [0.717, 1.165) is 19.6 Å². The fourth-order valence-electron chi connectivity index (χ4n) is 1.45. The van der Waals surface area contributed by atoms with Gasteiger partial charge in [0.05, 0.1) is 0 Å². The lowest BCUT2D eigenvalue weighted by Gasteiger charge is -2.42. The van der Waals surface area contributed by atoms with E-state index in [1.807, 2.05) is 0 Å². The van der Waals surface area contributed by atoms with Crippen LogP contribution in [0, 0.1) is 5.92 Å². The third-order valence-corrected chi connectivity index (χ3v) is 2.36. The van der Waals surface area contributed by atoms with E-state index in [4.69, 9.17) is 0 Å². The highest BCUT2D eigenvalue weighted by atomic mass is 16.1. The van der Waals surface area contributed by atoms with Crippen molar-refractivity contribution in [2.24, 2.45) is 5.92 Å². The number of nitrogens with zero attached hydrogens (tertiary/aromatic N) is 1. The molecular formula is C9H18N2O. The van der Waals surface area contributed by atoms with Crippen molar-refractivity contribution in [3.8, 4) is 0 Å². The maximum absolute atomic E-state index is 10.6. The molecule has 0 unspecified atom stereocenters. The second-order valence-corrected chi connectivity index (χ2v) is 3.85. The lowest BCUT2D eigenvalue weighted by molar-refractivity contribution is -0.119. The Morgan fingerprint density at radius 3 is 2.58 bits per heavy atom. The third-order valence-electron chi connectivity index (χ3n) is 2.36. The van der Waals surface area contributed by atoms with Gasteiger partial charge in [-0.3, -0.25) is 4.79 Å². The molecule has 1 fully saturated rings. The van der Waals surface area contributed by atoms with Crippen molar-refractivity contribution >= 4 is 5.91 Å². The zero-order valence-electron chi connectivity index (χ0n) is 8.13. The largest absolute Gasteiger partial charge is 0.356 e. The Morgan fingerprint density at radius 2 is 2.17 bits per heavy atom. The quantitative estimate of drug-likeness (QED) is 0.667. The minimum atomic E-state index is 0.0815. The maximum atomic E-state index is 10.6. The Morgan fingerprint density at radius 1 is 1.58 bits per heavy atom. The Labute approximate surface area is 74.1 Å². The average Bonchev–Trinajstić information content (AvgIpc) is 1.82. The van der Waals surface area contributed by atoms with Crippen molar-refractivity contribution in [3.63, 3.8) is 0 Å². The van der Waals surface area contributed by atoms with Crippen LogP contribution in [-0.2, 0) is 4.79 Å². The molecule has 0 bridgehead atoms. The van der Waals surface area contributed by atoms with Gasteiger partial charge in [-0.05, 0) is 13.8 Å². The molecule has 0 aromatic heterocycles. The first-order chi connectivity index (χ1) is 5.59. The monoisotopic (exact) mass is 170 g/mol. The fourth-order valence-corrected chi connectivity index (χ4v) is 1.45. The van der Waals surface area contributed by atoms with Crippen LogP contribution >= 0.6 is 0 Å². The molecule has 1 aliphatic rings. The average molecular weight is 170 g/mol. The van der Waals surface area contributed by atoms with Gasteiger partial charge in [0.15, 0.2) is 0 Å². The van der Waals surface area contributed by atoms with Gasteiger partial charge in [0.1, 0.15) is 0 Å². The van der Waals surface area contributed by atoms with Crippen molar-refractivity contribution in [1.29, 1.82) is 0 Å². The summed E-state index contributed by atoms with van der Waals surface area (Å²) < 4.78 is 0. The first-order valence-electron chi connectivity index (χ1n) is 4.58. The van der Waals surface area contributed by atoms with Crippen LogP contribution in [0.4, 0.5) is 0 Å². The van der Waals surface area contributed by atoms with Gasteiger partial charge >= 0.3 is 0 Å². The van der Waals surface area contributed by atoms with Crippen LogP contribution in [0.2, 0.25) is 0 Å². The van der Waals surface area contributed by atoms with Crippen molar-refractivity contribution in [2.75, 3.05) is 19.6 Å². The molecule has 3 nitrogen and oxygen atoms in total. The lowest BCUT2D eigenvalue weighted by atomic mass is 9.98. The van der Waals surface area contributed by atoms with Gasteiger partial charge in [-0.2, -0.15) is 0 Å². The fraction of sp³-hybridized carbons (Fsp3) is 0.889. The molecule has 12 heavy (non-hydrogen) atoms. The molecule has 70 valence electrons. The molecule has 3 heteroatoms. The molecule has 1 amide bonds. The zero-order chi connectivity index (χ0) is 9.14. The first kappa shape index (κ1) is 9.52. The summed E-state index contributed by atoms with van der Waals surface area (Å²) in [6.45, 7) is 9.09. The third kappa shape index (κ3) is 2.48. The van der Waals surface area contributed by atoms with Crippen LogP contribution in [0.1, 0.15) is 20.8 Å². The Hall–Kier alpha value is -0.570. The number of amides is 1. The van der Waals surface area contributed by atoms with E-state index in [0.29, 0.717) is 12.0 Å². The zero-order valence-corrected chi connectivity index (χ0v) is 8.13. The van der Waals surface area contributed by atoms with Crippen LogP contribution in [0.5, 0.6) is 0 Å². The molecule has 1 saturated heterocycles. The molecule has 1 N–H and O–H groups in total. The molecule has 1 heterocycles. The van der Waals surface area contributed by atoms with E-state index in [-0.39, 0.29) is 5.91 Å². The second kappa shape index (κ2) is 3.90. The number of likely N-dealkylation sites (tertiary alicyclic amines) is 1. The predicted molar refractivity (Wildman–Crippen MR) is 48.9 cm³/mol. The van der Waals surface area contributed by atoms with E-state index in [1.165, 1.54) is 0 Å². The number of hydrogen-bond donors (Lipinski definition) is 1. The summed E-state index contributed by atoms with van der Waals surface area (Å²) in [6, 6.07) is 0.651. The van der Waals surface area contributed by atoms with Crippen LogP contribution in [0.3, 0.4) is 0 Å². The number of carbonyl (C=O) groups is 1. The van der Waals surface area contributed by atoms with Crippen molar-refractivity contribution in [1.82, 2.24) is 10.2 Å². The van der Waals surface area contributed by atoms with E-state index in [2.05, 4.69) is 24.1 Å². The molecule has 1 aliphatic heterocycles. The smallest absolute Gasteiger partial charge is 0.216 e. The predicted octanol–water partition coefficient (Wildman–Crippen LogP) is 0.463. The molecule has 0 aromatic carbocycles. The standard InChI is InChI=1S/C9H18N2O/c1-7(2)11-5-9(6-11)4-10-8(3)12/h7,9H,4-6H2,1-3H3,(H,10,12). The number of carbonyl (C=O) groups excluding carboxylic acids is 1. The Balaban J connectivity index is 2.06. The van der Waals surface area contributed by atoms with Gasteiger partial charge in [0.2, 0.25) is 5.91 Å². The molecule has 0 spiro atoms. The molecule has 0 radical (unpaired) electrons. The van der Waals surface area contributed by atoms with E-state index in [9.17, 15) is 4.79 Å². The summed E-state index contributed by atoms with van der Waals surface area (Å²) in [4.78, 5) is 13.0. The Kier molecular flexibility index (Phi) is 3.09. The van der Waals surface area contributed by atoms with Gasteiger partial charge in [-0.1, -0.05) is 0 Å². The molecule has 0 aliphatic carbocycles. The van der Waals surface area contributed by atoms with Gasteiger partial charge in [-0.25, -0.2) is 0 Å². The number of rotatable bonds is 3. The van der Waals surface area contributed by atoms with Crippen molar-refractivity contribution in [2.45, 2.75) is 26.8 Å². The minimum Gasteiger partial charge on any atom is -0.356 e. The summed E-state index contributed by atoms with van der Waals surface area (Å²) in [5, 5.41) is 2.84. The number of hydrogen-bond acceptors (Lipinski definition) is 2. The highest BCUT2D eigenvalue weighted by molar-refractivity contribution is 5.72. The van der Waals surface area contributed by atoms with Crippen molar-refractivity contribution < 1.29 is 4.79 Å². The molecular weight excluding hydrogens is 152 g/mol. The van der Waals surface area contributed by atoms with Gasteiger partial charge < -0.3 is 10.2 Å². The second-order valence-electron chi connectivity index (χ2n) is 3.85. The first-order valence-corrected chi connectivity index (χ1v) is 4.58. The van der Waals surface area contributed by atoms with Crippen LogP contribution in [0.25, 0.3) is 0 Å². The molecule has 0 atom stereocenters. The summed E-state index contributed by atoms with van der Waals surface area (Å²) in [5.74, 6) is 0.759. The van der Waals surface area contributed by atoms with E-state index in [1.54, 1.807) is 6.92 Å². The highest BCUT2D eigenvalue weighted by Gasteiger charge is 2.27. The molecule has 0 aromatic rings. The van der Waals surface area contributed by atoms with Crippen molar-refractivity contribution in [3.05, 3.63) is 0 Å². The minimum absolute atomic E-state index is 0.0815.